The number of carbonyl (C=O) groups is 1. The van der Waals surface area contributed by atoms with Gasteiger partial charge < -0.3 is 9.64 Å². The van der Waals surface area contributed by atoms with E-state index >= 15 is 0 Å². The summed E-state index contributed by atoms with van der Waals surface area (Å²) in [6.07, 6.45) is 5.63. The highest BCUT2D eigenvalue weighted by atomic mass is 16.5. The molecule has 4 rings (SSSR count). The molecule has 2 heterocycles. The molecule has 1 aromatic carbocycles. The zero-order valence-corrected chi connectivity index (χ0v) is 15.3. The summed E-state index contributed by atoms with van der Waals surface area (Å²) < 4.78 is 5.55. The summed E-state index contributed by atoms with van der Waals surface area (Å²) >= 11 is 0. The fraction of sp³-hybridized carbons (Fsp3) is 0.667. The van der Waals surface area contributed by atoms with E-state index in [9.17, 15) is 4.79 Å². The Labute approximate surface area is 151 Å². The molecule has 0 aromatic heterocycles. The SMILES string of the molecule is Cc1cccc(CC(=O)N2CC(N(CC3CC3)C3CCOCC3)C2)c1. The van der Waals surface area contributed by atoms with Crippen molar-refractivity contribution in [3.8, 4) is 0 Å². The molecule has 4 nitrogen and oxygen atoms in total. The number of aryl methyl sites for hydroxylation is 1. The number of likely N-dealkylation sites (tertiary alicyclic amines) is 1. The van der Waals surface area contributed by atoms with Gasteiger partial charge in [-0.2, -0.15) is 0 Å². The van der Waals surface area contributed by atoms with Crippen molar-refractivity contribution < 1.29 is 9.53 Å². The Hall–Kier alpha value is -1.39. The maximum atomic E-state index is 12.6. The van der Waals surface area contributed by atoms with Gasteiger partial charge >= 0.3 is 0 Å². The molecule has 0 atom stereocenters. The van der Waals surface area contributed by atoms with E-state index in [1.165, 1.54) is 24.9 Å². The van der Waals surface area contributed by atoms with Gasteiger partial charge in [0.2, 0.25) is 5.91 Å². The van der Waals surface area contributed by atoms with E-state index in [-0.39, 0.29) is 5.91 Å². The van der Waals surface area contributed by atoms with Crippen molar-refractivity contribution >= 4 is 5.91 Å². The van der Waals surface area contributed by atoms with Crippen molar-refractivity contribution in [1.82, 2.24) is 9.80 Å². The maximum Gasteiger partial charge on any atom is 0.227 e. The molecular formula is C21H30N2O2. The van der Waals surface area contributed by atoms with Crippen LogP contribution in [0.25, 0.3) is 0 Å². The molecule has 0 spiro atoms. The lowest BCUT2D eigenvalue weighted by Crippen LogP contribution is -2.64. The number of nitrogens with zero attached hydrogens (tertiary/aromatic N) is 2. The van der Waals surface area contributed by atoms with Gasteiger partial charge in [-0.1, -0.05) is 29.8 Å². The van der Waals surface area contributed by atoms with Gasteiger partial charge in [-0.3, -0.25) is 9.69 Å². The van der Waals surface area contributed by atoms with E-state index in [1.54, 1.807) is 0 Å². The number of ether oxygens (including phenoxy) is 1. The predicted molar refractivity (Wildman–Crippen MR) is 98.5 cm³/mol. The van der Waals surface area contributed by atoms with E-state index in [0.29, 0.717) is 18.5 Å². The fourth-order valence-electron chi connectivity index (χ4n) is 4.19. The topological polar surface area (TPSA) is 32.8 Å². The van der Waals surface area contributed by atoms with Gasteiger partial charge in [-0.15, -0.1) is 0 Å². The van der Waals surface area contributed by atoms with Crippen LogP contribution in [0.15, 0.2) is 24.3 Å². The molecule has 0 radical (unpaired) electrons. The minimum absolute atomic E-state index is 0.278. The minimum Gasteiger partial charge on any atom is -0.381 e. The average molecular weight is 342 g/mol. The van der Waals surface area contributed by atoms with Crippen LogP contribution in [0, 0.1) is 12.8 Å². The average Bonchev–Trinajstić information content (AvgIpc) is 3.37. The summed E-state index contributed by atoms with van der Waals surface area (Å²) in [6, 6.07) is 9.52. The summed E-state index contributed by atoms with van der Waals surface area (Å²) in [6.45, 7) is 6.93. The molecule has 4 heteroatoms. The molecule has 25 heavy (non-hydrogen) atoms. The van der Waals surface area contributed by atoms with Gasteiger partial charge in [0.1, 0.15) is 0 Å². The molecular weight excluding hydrogens is 312 g/mol. The molecule has 1 amide bonds. The van der Waals surface area contributed by atoms with Gasteiger partial charge in [-0.25, -0.2) is 0 Å². The van der Waals surface area contributed by atoms with Crippen LogP contribution in [-0.4, -0.2) is 60.6 Å². The first kappa shape index (κ1) is 17.0. The Morgan fingerprint density at radius 3 is 2.60 bits per heavy atom. The van der Waals surface area contributed by atoms with Crippen molar-refractivity contribution in [2.75, 3.05) is 32.8 Å². The standard InChI is InChI=1S/C21H30N2O2/c1-16-3-2-4-18(11-16)12-21(24)22-14-20(15-22)23(13-17-5-6-17)19-7-9-25-10-8-19/h2-4,11,17,19-20H,5-10,12-15H2,1H3. The first-order chi connectivity index (χ1) is 12.2. The third-order valence-corrected chi connectivity index (χ3v) is 5.95. The Morgan fingerprint density at radius 1 is 1.16 bits per heavy atom. The summed E-state index contributed by atoms with van der Waals surface area (Å²) in [7, 11) is 0. The smallest absolute Gasteiger partial charge is 0.227 e. The van der Waals surface area contributed by atoms with Crippen molar-refractivity contribution in [3.05, 3.63) is 35.4 Å². The third-order valence-electron chi connectivity index (χ3n) is 5.95. The number of hydrogen-bond donors (Lipinski definition) is 0. The van der Waals surface area contributed by atoms with Crippen molar-refractivity contribution in [2.45, 2.75) is 51.1 Å². The zero-order valence-electron chi connectivity index (χ0n) is 15.3. The Bertz CT molecular complexity index is 602. The molecule has 0 bridgehead atoms. The van der Waals surface area contributed by atoms with Gasteiger partial charge in [0, 0.05) is 44.9 Å². The van der Waals surface area contributed by atoms with E-state index < -0.39 is 0 Å². The van der Waals surface area contributed by atoms with Crippen LogP contribution in [0.4, 0.5) is 0 Å². The monoisotopic (exact) mass is 342 g/mol. The van der Waals surface area contributed by atoms with Crippen molar-refractivity contribution in [3.63, 3.8) is 0 Å². The molecule has 0 N–H and O–H groups in total. The van der Waals surface area contributed by atoms with Crippen LogP contribution >= 0.6 is 0 Å². The number of hydrogen-bond acceptors (Lipinski definition) is 3. The zero-order chi connectivity index (χ0) is 17.2. The summed E-state index contributed by atoms with van der Waals surface area (Å²) in [5, 5.41) is 0. The molecule has 3 aliphatic rings. The predicted octanol–water partition coefficient (Wildman–Crippen LogP) is 2.64. The maximum absolute atomic E-state index is 12.6. The summed E-state index contributed by atoms with van der Waals surface area (Å²) in [5.41, 5.74) is 2.36. The first-order valence-electron chi connectivity index (χ1n) is 9.86. The summed E-state index contributed by atoms with van der Waals surface area (Å²) in [4.78, 5) is 17.3. The van der Waals surface area contributed by atoms with E-state index in [1.807, 2.05) is 11.0 Å². The van der Waals surface area contributed by atoms with Crippen molar-refractivity contribution in [2.24, 2.45) is 5.92 Å². The van der Waals surface area contributed by atoms with E-state index in [4.69, 9.17) is 4.74 Å². The normalized spacial score (nSPS) is 22.2. The quantitative estimate of drug-likeness (QED) is 0.797. The van der Waals surface area contributed by atoms with Gasteiger partial charge in [0.15, 0.2) is 0 Å². The highest BCUT2D eigenvalue weighted by Gasteiger charge is 2.40. The lowest BCUT2D eigenvalue weighted by molar-refractivity contribution is -0.139. The fourth-order valence-corrected chi connectivity index (χ4v) is 4.19. The van der Waals surface area contributed by atoms with Crippen LogP contribution in [0.5, 0.6) is 0 Å². The molecule has 3 fully saturated rings. The lowest BCUT2D eigenvalue weighted by Gasteiger charge is -2.49. The molecule has 2 aliphatic heterocycles. The van der Waals surface area contributed by atoms with E-state index in [0.717, 1.165) is 50.6 Å². The van der Waals surface area contributed by atoms with Gasteiger partial charge in [-0.05, 0) is 44.1 Å². The number of carbonyl (C=O) groups excluding carboxylic acids is 1. The second-order valence-electron chi connectivity index (χ2n) is 8.10. The molecule has 136 valence electrons. The molecule has 2 saturated heterocycles. The van der Waals surface area contributed by atoms with Crippen molar-refractivity contribution in [1.29, 1.82) is 0 Å². The highest BCUT2D eigenvalue weighted by molar-refractivity contribution is 5.79. The van der Waals surface area contributed by atoms with Crippen LogP contribution in [0.3, 0.4) is 0 Å². The largest absolute Gasteiger partial charge is 0.381 e. The van der Waals surface area contributed by atoms with Crippen LogP contribution in [0.2, 0.25) is 0 Å². The van der Waals surface area contributed by atoms with Crippen LogP contribution in [0.1, 0.15) is 36.8 Å². The van der Waals surface area contributed by atoms with Gasteiger partial charge in [0.05, 0.1) is 6.42 Å². The Balaban J connectivity index is 1.31. The first-order valence-corrected chi connectivity index (χ1v) is 9.86. The summed E-state index contributed by atoms with van der Waals surface area (Å²) in [5.74, 6) is 1.18. The Kier molecular flexibility index (Phi) is 5.09. The minimum atomic E-state index is 0.278. The van der Waals surface area contributed by atoms with Crippen LogP contribution in [-0.2, 0) is 16.0 Å². The van der Waals surface area contributed by atoms with Crippen LogP contribution < -0.4 is 0 Å². The highest BCUT2D eigenvalue weighted by Crippen LogP contribution is 2.33. The number of amides is 1. The lowest BCUT2D eigenvalue weighted by atomic mass is 9.98. The van der Waals surface area contributed by atoms with Gasteiger partial charge in [0.25, 0.3) is 0 Å². The molecule has 1 aromatic rings. The molecule has 1 aliphatic carbocycles. The third kappa shape index (κ3) is 4.24. The second-order valence-corrected chi connectivity index (χ2v) is 8.10. The Morgan fingerprint density at radius 2 is 1.92 bits per heavy atom. The number of rotatable bonds is 6. The van der Waals surface area contributed by atoms with E-state index in [2.05, 4.69) is 30.0 Å². The second kappa shape index (κ2) is 7.46. The molecule has 0 unspecified atom stereocenters. The number of benzene rings is 1. The molecule has 1 saturated carbocycles.